The van der Waals surface area contributed by atoms with E-state index in [4.69, 9.17) is 4.74 Å². The molecule has 14 heavy (non-hydrogen) atoms. The molecule has 0 saturated heterocycles. The molecule has 0 aromatic carbocycles. The van der Waals surface area contributed by atoms with Gasteiger partial charge in [-0.1, -0.05) is 0 Å². The first-order chi connectivity index (χ1) is 6.63. The van der Waals surface area contributed by atoms with Gasteiger partial charge in [0.05, 0.1) is 6.10 Å². The van der Waals surface area contributed by atoms with Crippen LogP contribution in [0.5, 0.6) is 0 Å². The van der Waals surface area contributed by atoms with Crippen LogP contribution in [0.3, 0.4) is 0 Å². The SMILES string of the molecule is CC(C)OCCCNCCCN(C)C.[HH]. The average molecular weight is 204 g/mol. The molecule has 0 fully saturated rings. The zero-order valence-corrected chi connectivity index (χ0v) is 10.2. The van der Waals surface area contributed by atoms with Crippen LogP contribution < -0.4 is 5.32 Å². The van der Waals surface area contributed by atoms with E-state index in [1.807, 2.05) is 0 Å². The van der Waals surface area contributed by atoms with Crippen molar-refractivity contribution in [3.63, 3.8) is 0 Å². The van der Waals surface area contributed by atoms with Crippen molar-refractivity contribution in [2.45, 2.75) is 32.8 Å². The predicted octanol–water partition coefficient (Wildman–Crippen LogP) is 1.59. The first-order valence-electron chi connectivity index (χ1n) is 5.60. The number of nitrogens with one attached hydrogen (secondary N) is 1. The van der Waals surface area contributed by atoms with E-state index in [0.29, 0.717) is 6.10 Å². The van der Waals surface area contributed by atoms with Gasteiger partial charge >= 0.3 is 0 Å². The summed E-state index contributed by atoms with van der Waals surface area (Å²) in [6, 6.07) is 0. The summed E-state index contributed by atoms with van der Waals surface area (Å²) in [4.78, 5) is 2.21. The lowest BCUT2D eigenvalue weighted by Gasteiger charge is -2.10. The molecule has 0 rings (SSSR count). The zero-order valence-electron chi connectivity index (χ0n) is 10.2. The van der Waals surface area contributed by atoms with Gasteiger partial charge in [0.1, 0.15) is 0 Å². The highest BCUT2D eigenvalue weighted by atomic mass is 16.5. The predicted molar refractivity (Wildman–Crippen MR) is 63.9 cm³/mol. The zero-order chi connectivity index (χ0) is 10.8. The third-order valence-electron chi connectivity index (χ3n) is 1.91. The third kappa shape index (κ3) is 11.9. The second-order valence-corrected chi connectivity index (χ2v) is 4.18. The Balaban J connectivity index is 0. The van der Waals surface area contributed by atoms with E-state index in [9.17, 15) is 0 Å². The largest absolute Gasteiger partial charge is 0.379 e. The summed E-state index contributed by atoms with van der Waals surface area (Å²) >= 11 is 0. The molecule has 0 aromatic rings. The van der Waals surface area contributed by atoms with Gasteiger partial charge in [-0.15, -0.1) is 0 Å². The van der Waals surface area contributed by atoms with E-state index >= 15 is 0 Å². The lowest BCUT2D eigenvalue weighted by atomic mass is 10.3. The van der Waals surface area contributed by atoms with Crippen molar-refractivity contribution in [1.29, 1.82) is 0 Å². The van der Waals surface area contributed by atoms with Crippen LogP contribution in [0.2, 0.25) is 0 Å². The molecule has 3 heteroatoms. The molecule has 0 aliphatic rings. The molecule has 0 aliphatic carbocycles. The molecule has 0 radical (unpaired) electrons. The summed E-state index contributed by atoms with van der Waals surface area (Å²) in [6.45, 7) is 8.36. The highest BCUT2D eigenvalue weighted by Gasteiger charge is 1.93. The minimum atomic E-state index is 0. The molecule has 0 spiro atoms. The van der Waals surface area contributed by atoms with Crippen LogP contribution in [0.4, 0.5) is 0 Å². The van der Waals surface area contributed by atoms with Gasteiger partial charge in [-0.05, 0) is 60.4 Å². The number of rotatable bonds is 9. The van der Waals surface area contributed by atoms with Crippen molar-refractivity contribution in [2.75, 3.05) is 40.3 Å². The van der Waals surface area contributed by atoms with Gasteiger partial charge in [-0.3, -0.25) is 0 Å². The highest BCUT2D eigenvalue weighted by Crippen LogP contribution is 1.89. The van der Waals surface area contributed by atoms with Crippen molar-refractivity contribution in [1.82, 2.24) is 10.2 Å². The molecule has 0 saturated carbocycles. The van der Waals surface area contributed by atoms with Crippen LogP contribution >= 0.6 is 0 Å². The van der Waals surface area contributed by atoms with Crippen LogP contribution in [0.25, 0.3) is 0 Å². The molecule has 0 bridgehead atoms. The van der Waals surface area contributed by atoms with Crippen LogP contribution in [0.15, 0.2) is 0 Å². The lowest BCUT2D eigenvalue weighted by Crippen LogP contribution is -2.23. The van der Waals surface area contributed by atoms with Gasteiger partial charge < -0.3 is 15.0 Å². The molecule has 0 amide bonds. The Kier molecular flexibility index (Phi) is 9.35. The smallest absolute Gasteiger partial charge is 0.0518 e. The molecular formula is C11H28N2O. The van der Waals surface area contributed by atoms with Crippen molar-refractivity contribution < 1.29 is 6.16 Å². The Morgan fingerprint density at radius 1 is 1.21 bits per heavy atom. The first kappa shape index (κ1) is 13.9. The molecule has 1 N–H and O–H groups in total. The number of hydrogen-bond donors (Lipinski definition) is 1. The van der Waals surface area contributed by atoms with Gasteiger partial charge in [0.2, 0.25) is 0 Å². The maximum Gasteiger partial charge on any atom is 0.0518 e. The number of nitrogens with zero attached hydrogens (tertiary/aromatic N) is 1. The van der Waals surface area contributed by atoms with Crippen molar-refractivity contribution in [3.05, 3.63) is 0 Å². The summed E-state index contributed by atoms with van der Waals surface area (Å²) in [7, 11) is 4.22. The summed E-state index contributed by atoms with van der Waals surface area (Å²) < 4.78 is 5.44. The number of ether oxygens (including phenoxy) is 1. The van der Waals surface area contributed by atoms with Crippen LogP contribution in [0.1, 0.15) is 28.1 Å². The van der Waals surface area contributed by atoms with Gasteiger partial charge in [0.25, 0.3) is 0 Å². The van der Waals surface area contributed by atoms with E-state index in [-0.39, 0.29) is 1.43 Å². The Bertz CT molecular complexity index is 107. The van der Waals surface area contributed by atoms with E-state index in [0.717, 1.165) is 32.7 Å². The second-order valence-electron chi connectivity index (χ2n) is 4.18. The summed E-state index contributed by atoms with van der Waals surface area (Å²) in [6.07, 6.45) is 2.70. The number of hydrogen-bond acceptors (Lipinski definition) is 3. The molecule has 0 unspecified atom stereocenters. The van der Waals surface area contributed by atoms with Gasteiger partial charge in [-0.25, -0.2) is 0 Å². The van der Waals surface area contributed by atoms with Crippen LogP contribution in [-0.4, -0.2) is 51.3 Å². The molecule has 88 valence electrons. The quantitative estimate of drug-likeness (QED) is 0.577. The fraction of sp³-hybridized carbons (Fsp3) is 1.00. The van der Waals surface area contributed by atoms with E-state index < -0.39 is 0 Å². The van der Waals surface area contributed by atoms with Gasteiger partial charge in [-0.2, -0.15) is 0 Å². The van der Waals surface area contributed by atoms with E-state index in [1.165, 1.54) is 6.42 Å². The molecular weight excluding hydrogens is 176 g/mol. The van der Waals surface area contributed by atoms with E-state index in [2.05, 4.69) is 38.2 Å². The Hall–Kier alpha value is -0.120. The minimum absolute atomic E-state index is 0. The van der Waals surface area contributed by atoms with E-state index in [1.54, 1.807) is 0 Å². The van der Waals surface area contributed by atoms with Crippen molar-refractivity contribution in [2.24, 2.45) is 0 Å². The van der Waals surface area contributed by atoms with Crippen LogP contribution in [0, 0.1) is 0 Å². The Morgan fingerprint density at radius 3 is 2.43 bits per heavy atom. The first-order valence-corrected chi connectivity index (χ1v) is 5.60. The highest BCUT2D eigenvalue weighted by molar-refractivity contribution is 4.51. The topological polar surface area (TPSA) is 24.5 Å². The molecule has 3 nitrogen and oxygen atoms in total. The maximum atomic E-state index is 5.44. The molecule has 0 aromatic heterocycles. The fourth-order valence-corrected chi connectivity index (χ4v) is 1.16. The Labute approximate surface area is 90.3 Å². The normalized spacial score (nSPS) is 11.6. The minimum Gasteiger partial charge on any atom is -0.379 e. The third-order valence-corrected chi connectivity index (χ3v) is 1.91. The monoisotopic (exact) mass is 204 g/mol. The van der Waals surface area contributed by atoms with Crippen LogP contribution in [-0.2, 0) is 4.74 Å². The maximum absolute atomic E-state index is 5.44. The van der Waals surface area contributed by atoms with Crippen molar-refractivity contribution >= 4 is 0 Å². The Morgan fingerprint density at radius 2 is 1.86 bits per heavy atom. The van der Waals surface area contributed by atoms with Gasteiger partial charge in [0.15, 0.2) is 0 Å². The summed E-state index contributed by atoms with van der Waals surface area (Å²) in [5.41, 5.74) is 0. The summed E-state index contributed by atoms with van der Waals surface area (Å²) in [5, 5.41) is 3.41. The standard InChI is InChI=1S/C11H26N2O.H2/c1-11(2)14-10-6-8-12-7-5-9-13(3)4;/h11-12H,5-10H2,1-4H3;1H. The molecule has 0 atom stereocenters. The van der Waals surface area contributed by atoms with Gasteiger partial charge in [0, 0.05) is 8.03 Å². The summed E-state index contributed by atoms with van der Waals surface area (Å²) in [5.74, 6) is 0. The lowest BCUT2D eigenvalue weighted by molar-refractivity contribution is 0.0771. The molecule has 0 heterocycles. The molecule has 0 aliphatic heterocycles. The van der Waals surface area contributed by atoms with Crippen molar-refractivity contribution in [3.8, 4) is 0 Å². The average Bonchev–Trinajstić information content (AvgIpc) is 2.08. The second kappa shape index (κ2) is 9.44. The fourth-order valence-electron chi connectivity index (χ4n) is 1.16.